The van der Waals surface area contributed by atoms with Crippen molar-refractivity contribution in [3.63, 3.8) is 0 Å². The third-order valence-corrected chi connectivity index (χ3v) is 3.39. The van der Waals surface area contributed by atoms with E-state index < -0.39 is 4.92 Å². The van der Waals surface area contributed by atoms with Crippen molar-refractivity contribution in [3.05, 3.63) is 32.4 Å². The van der Waals surface area contributed by atoms with Gasteiger partial charge in [-0.05, 0) is 13.8 Å². The first-order valence-corrected chi connectivity index (χ1v) is 6.31. The lowest BCUT2D eigenvalue weighted by Gasteiger charge is -2.12. The Morgan fingerprint density at radius 1 is 1.53 bits per heavy atom. The molecule has 0 aliphatic rings. The monoisotopic (exact) mass is 280 g/mol. The van der Waals surface area contributed by atoms with Gasteiger partial charge in [0, 0.05) is 11.6 Å². The Bertz CT molecular complexity index is 600. The van der Waals surface area contributed by atoms with Crippen LogP contribution in [0.4, 0.5) is 17.5 Å². The standard InChI is InChI=1S/C10H12N6O2S/c1-5-7(16(17)18)8(15-10(11)14-5)13-6(2)9-12-3-4-19-9/h3-4,6H,1-2H3,(H3,11,13,14,15). The van der Waals surface area contributed by atoms with Crippen molar-refractivity contribution in [2.24, 2.45) is 0 Å². The van der Waals surface area contributed by atoms with Crippen LogP contribution in [0.15, 0.2) is 11.6 Å². The first kappa shape index (κ1) is 13.1. The van der Waals surface area contributed by atoms with E-state index in [0.717, 1.165) is 5.01 Å². The average Bonchev–Trinajstić information content (AvgIpc) is 2.80. The number of aryl methyl sites for hydroxylation is 1. The molecule has 3 N–H and O–H groups in total. The fourth-order valence-electron chi connectivity index (χ4n) is 1.62. The van der Waals surface area contributed by atoms with Gasteiger partial charge in [-0.1, -0.05) is 0 Å². The van der Waals surface area contributed by atoms with Crippen LogP contribution in [-0.2, 0) is 0 Å². The van der Waals surface area contributed by atoms with Crippen LogP contribution in [-0.4, -0.2) is 19.9 Å². The van der Waals surface area contributed by atoms with Gasteiger partial charge in [0.2, 0.25) is 11.8 Å². The normalized spacial score (nSPS) is 12.1. The molecule has 2 rings (SSSR count). The molecular formula is C10H12N6O2S. The molecule has 0 radical (unpaired) electrons. The number of nitrogens with zero attached hydrogens (tertiary/aromatic N) is 4. The largest absolute Gasteiger partial charge is 0.368 e. The molecule has 100 valence electrons. The Labute approximate surface area is 112 Å². The van der Waals surface area contributed by atoms with Crippen molar-refractivity contribution in [3.8, 4) is 0 Å². The van der Waals surface area contributed by atoms with E-state index in [1.807, 2.05) is 12.3 Å². The zero-order valence-corrected chi connectivity index (χ0v) is 11.1. The quantitative estimate of drug-likeness (QED) is 0.648. The van der Waals surface area contributed by atoms with Crippen LogP contribution in [0.5, 0.6) is 0 Å². The van der Waals surface area contributed by atoms with Crippen molar-refractivity contribution in [1.82, 2.24) is 15.0 Å². The zero-order chi connectivity index (χ0) is 14.0. The maximum absolute atomic E-state index is 11.1. The van der Waals surface area contributed by atoms with Crippen LogP contribution in [0.3, 0.4) is 0 Å². The summed E-state index contributed by atoms with van der Waals surface area (Å²) in [6.45, 7) is 3.37. The molecule has 0 saturated heterocycles. The van der Waals surface area contributed by atoms with E-state index in [1.165, 1.54) is 18.3 Å². The van der Waals surface area contributed by atoms with Gasteiger partial charge in [-0.3, -0.25) is 10.1 Å². The van der Waals surface area contributed by atoms with E-state index in [4.69, 9.17) is 5.73 Å². The van der Waals surface area contributed by atoms with Gasteiger partial charge in [0.05, 0.1) is 11.0 Å². The fourth-order valence-corrected chi connectivity index (χ4v) is 2.27. The molecule has 2 aromatic rings. The molecule has 1 unspecified atom stereocenters. The van der Waals surface area contributed by atoms with Gasteiger partial charge in [0.15, 0.2) is 0 Å². The smallest absolute Gasteiger partial charge is 0.332 e. The highest BCUT2D eigenvalue weighted by Crippen LogP contribution is 2.29. The lowest BCUT2D eigenvalue weighted by Crippen LogP contribution is -2.12. The van der Waals surface area contributed by atoms with Crippen molar-refractivity contribution in [2.75, 3.05) is 11.1 Å². The molecule has 0 aliphatic heterocycles. The van der Waals surface area contributed by atoms with Crippen molar-refractivity contribution < 1.29 is 4.92 Å². The van der Waals surface area contributed by atoms with Gasteiger partial charge in [0.25, 0.3) is 0 Å². The second-order valence-electron chi connectivity index (χ2n) is 3.86. The fraction of sp³-hybridized carbons (Fsp3) is 0.300. The average molecular weight is 280 g/mol. The molecule has 0 aliphatic carbocycles. The molecule has 2 aromatic heterocycles. The lowest BCUT2D eigenvalue weighted by atomic mass is 10.3. The minimum atomic E-state index is -0.522. The minimum Gasteiger partial charge on any atom is -0.368 e. The van der Waals surface area contributed by atoms with E-state index in [-0.39, 0.29) is 29.2 Å². The Balaban J connectivity index is 2.36. The molecule has 0 aromatic carbocycles. The molecule has 0 bridgehead atoms. The summed E-state index contributed by atoms with van der Waals surface area (Å²) in [5.41, 5.74) is 5.58. The second kappa shape index (κ2) is 5.14. The summed E-state index contributed by atoms with van der Waals surface area (Å²) in [6, 6.07) is -0.201. The van der Waals surface area contributed by atoms with Crippen LogP contribution in [0.2, 0.25) is 0 Å². The number of nitrogens with two attached hydrogens (primary N) is 1. The molecule has 9 heteroatoms. The first-order chi connectivity index (χ1) is 8.99. The van der Waals surface area contributed by atoms with Crippen LogP contribution in [0.25, 0.3) is 0 Å². The lowest BCUT2D eigenvalue weighted by molar-refractivity contribution is -0.385. The maximum Gasteiger partial charge on any atom is 0.332 e. The van der Waals surface area contributed by atoms with Crippen molar-refractivity contribution >= 4 is 28.8 Å². The zero-order valence-electron chi connectivity index (χ0n) is 10.3. The van der Waals surface area contributed by atoms with Crippen molar-refractivity contribution in [1.29, 1.82) is 0 Å². The predicted molar refractivity (Wildman–Crippen MR) is 72.0 cm³/mol. The van der Waals surface area contributed by atoms with E-state index in [9.17, 15) is 10.1 Å². The molecular weight excluding hydrogens is 268 g/mol. The van der Waals surface area contributed by atoms with Gasteiger partial charge < -0.3 is 11.1 Å². The first-order valence-electron chi connectivity index (χ1n) is 5.43. The van der Waals surface area contributed by atoms with Gasteiger partial charge in [-0.2, -0.15) is 4.98 Å². The van der Waals surface area contributed by atoms with Gasteiger partial charge in [0.1, 0.15) is 10.7 Å². The van der Waals surface area contributed by atoms with E-state index >= 15 is 0 Å². The van der Waals surface area contributed by atoms with Gasteiger partial charge >= 0.3 is 5.69 Å². The third-order valence-electron chi connectivity index (χ3n) is 2.43. The molecule has 0 spiro atoms. The molecule has 0 fully saturated rings. The Kier molecular flexibility index (Phi) is 3.56. The number of nitro groups is 1. The van der Waals surface area contributed by atoms with Gasteiger partial charge in [-0.25, -0.2) is 9.97 Å². The minimum absolute atomic E-state index is 0.00283. The summed E-state index contributed by atoms with van der Waals surface area (Å²) in [5.74, 6) is 0.106. The molecule has 19 heavy (non-hydrogen) atoms. The highest BCUT2D eigenvalue weighted by molar-refractivity contribution is 7.09. The number of nitrogen functional groups attached to an aromatic ring is 1. The van der Waals surface area contributed by atoms with Gasteiger partial charge in [-0.15, -0.1) is 11.3 Å². The number of aromatic nitrogens is 3. The number of hydrogen-bond acceptors (Lipinski definition) is 8. The number of thiazole rings is 1. The maximum atomic E-state index is 11.1. The summed E-state index contributed by atoms with van der Waals surface area (Å²) >= 11 is 1.45. The van der Waals surface area contributed by atoms with Crippen molar-refractivity contribution in [2.45, 2.75) is 19.9 Å². The Morgan fingerprint density at radius 3 is 2.84 bits per heavy atom. The van der Waals surface area contributed by atoms with E-state index in [2.05, 4.69) is 20.3 Å². The Morgan fingerprint density at radius 2 is 2.26 bits per heavy atom. The summed E-state index contributed by atoms with van der Waals surface area (Å²) in [7, 11) is 0. The number of rotatable bonds is 4. The van der Waals surface area contributed by atoms with Crippen LogP contribution in [0, 0.1) is 17.0 Å². The molecule has 8 nitrogen and oxygen atoms in total. The van der Waals surface area contributed by atoms with E-state index in [1.54, 1.807) is 6.20 Å². The summed E-state index contributed by atoms with van der Waals surface area (Å²) < 4.78 is 0. The number of hydrogen-bond donors (Lipinski definition) is 2. The highest BCUT2D eigenvalue weighted by atomic mass is 32.1. The van der Waals surface area contributed by atoms with Crippen LogP contribution < -0.4 is 11.1 Å². The van der Waals surface area contributed by atoms with Crippen LogP contribution >= 0.6 is 11.3 Å². The topological polar surface area (TPSA) is 120 Å². The SMILES string of the molecule is Cc1nc(N)nc(NC(C)c2nccs2)c1[N+](=O)[O-]. The van der Waals surface area contributed by atoms with E-state index in [0.29, 0.717) is 0 Å². The Hall–Kier alpha value is -2.29. The highest BCUT2D eigenvalue weighted by Gasteiger charge is 2.23. The van der Waals surface area contributed by atoms with Crippen LogP contribution in [0.1, 0.15) is 23.7 Å². The molecule has 2 heterocycles. The number of anilines is 2. The molecule has 0 saturated carbocycles. The predicted octanol–water partition coefficient (Wildman–Crippen LogP) is 1.91. The number of nitrogens with one attached hydrogen (secondary N) is 1. The summed E-state index contributed by atoms with van der Waals surface area (Å²) in [6.07, 6.45) is 1.67. The third kappa shape index (κ3) is 2.76. The molecule has 0 amide bonds. The summed E-state index contributed by atoms with van der Waals surface area (Å²) in [5, 5.41) is 16.6. The second-order valence-corrected chi connectivity index (χ2v) is 4.78. The molecule has 1 atom stereocenters. The summed E-state index contributed by atoms with van der Waals surface area (Å²) in [4.78, 5) is 22.4.